The number of methoxy groups -OCH3 is 1. The van der Waals surface area contributed by atoms with E-state index in [4.69, 9.17) is 9.15 Å². The molecule has 1 saturated heterocycles. The van der Waals surface area contributed by atoms with Crippen molar-refractivity contribution in [1.29, 1.82) is 0 Å². The van der Waals surface area contributed by atoms with E-state index < -0.39 is 0 Å². The SMILES string of the molecule is COCCN1CCC(CNC(=O)C(C)c2cc(C)oc2C)CC1. The van der Waals surface area contributed by atoms with Gasteiger partial charge < -0.3 is 19.4 Å². The average Bonchev–Trinajstić information content (AvgIpc) is 2.89. The molecule has 1 aliphatic heterocycles. The standard InChI is InChI=1S/C18H30N2O3/c1-13-11-17(15(3)23-13)14(2)18(21)19-12-16-5-7-20(8-6-16)9-10-22-4/h11,14,16H,5-10,12H2,1-4H3,(H,19,21). The minimum Gasteiger partial charge on any atom is -0.466 e. The fourth-order valence-corrected chi connectivity index (χ4v) is 3.25. The van der Waals surface area contributed by atoms with Gasteiger partial charge in [0.05, 0.1) is 12.5 Å². The fourth-order valence-electron chi connectivity index (χ4n) is 3.25. The topological polar surface area (TPSA) is 54.7 Å². The summed E-state index contributed by atoms with van der Waals surface area (Å²) >= 11 is 0. The van der Waals surface area contributed by atoms with Crippen molar-refractivity contribution in [3.8, 4) is 0 Å². The number of ether oxygens (including phenoxy) is 1. The Balaban J connectivity index is 1.74. The minimum absolute atomic E-state index is 0.0933. The molecule has 1 amide bonds. The molecular formula is C18H30N2O3. The molecule has 23 heavy (non-hydrogen) atoms. The van der Waals surface area contributed by atoms with E-state index in [2.05, 4.69) is 10.2 Å². The van der Waals surface area contributed by atoms with Crippen LogP contribution in [-0.4, -0.2) is 50.7 Å². The first-order valence-corrected chi connectivity index (χ1v) is 8.57. The average molecular weight is 322 g/mol. The Hall–Kier alpha value is -1.33. The van der Waals surface area contributed by atoms with Gasteiger partial charge in [0.25, 0.3) is 0 Å². The molecular weight excluding hydrogens is 292 g/mol. The lowest BCUT2D eigenvalue weighted by Crippen LogP contribution is -2.40. The second-order valence-corrected chi connectivity index (χ2v) is 6.61. The van der Waals surface area contributed by atoms with Gasteiger partial charge in [-0.3, -0.25) is 4.79 Å². The van der Waals surface area contributed by atoms with Gasteiger partial charge >= 0.3 is 0 Å². The summed E-state index contributed by atoms with van der Waals surface area (Å²) in [7, 11) is 1.74. The van der Waals surface area contributed by atoms with Crippen molar-refractivity contribution in [3.05, 3.63) is 23.2 Å². The van der Waals surface area contributed by atoms with Crippen molar-refractivity contribution < 1.29 is 13.9 Å². The molecule has 0 saturated carbocycles. The third-order valence-corrected chi connectivity index (χ3v) is 4.82. The predicted octanol–water partition coefficient (Wildman–Crippen LogP) is 2.47. The van der Waals surface area contributed by atoms with E-state index in [9.17, 15) is 4.79 Å². The summed E-state index contributed by atoms with van der Waals surface area (Å²) in [6, 6.07) is 1.97. The molecule has 1 atom stereocenters. The summed E-state index contributed by atoms with van der Waals surface area (Å²) in [6.45, 7) is 10.5. The maximum absolute atomic E-state index is 12.4. The molecule has 5 heteroatoms. The number of likely N-dealkylation sites (tertiary alicyclic amines) is 1. The first kappa shape index (κ1) is 18.0. The third kappa shape index (κ3) is 5.08. The van der Waals surface area contributed by atoms with Crippen LogP contribution in [0.2, 0.25) is 0 Å². The highest BCUT2D eigenvalue weighted by atomic mass is 16.5. The summed E-state index contributed by atoms with van der Waals surface area (Å²) in [6.07, 6.45) is 2.28. The molecule has 1 fully saturated rings. The zero-order valence-corrected chi connectivity index (χ0v) is 14.9. The Morgan fingerprint density at radius 1 is 1.43 bits per heavy atom. The Morgan fingerprint density at radius 2 is 2.13 bits per heavy atom. The number of carbonyl (C=O) groups excluding carboxylic acids is 1. The van der Waals surface area contributed by atoms with Crippen LogP contribution >= 0.6 is 0 Å². The maximum atomic E-state index is 12.4. The number of amides is 1. The number of rotatable bonds is 7. The van der Waals surface area contributed by atoms with Crippen LogP contribution in [0.3, 0.4) is 0 Å². The molecule has 0 aliphatic carbocycles. The van der Waals surface area contributed by atoms with E-state index in [-0.39, 0.29) is 11.8 Å². The van der Waals surface area contributed by atoms with Gasteiger partial charge in [0.1, 0.15) is 11.5 Å². The lowest BCUT2D eigenvalue weighted by atomic mass is 9.95. The Kier molecular flexibility index (Phi) is 6.66. The summed E-state index contributed by atoms with van der Waals surface area (Å²) < 4.78 is 10.7. The Morgan fingerprint density at radius 3 is 2.70 bits per heavy atom. The highest BCUT2D eigenvalue weighted by Crippen LogP contribution is 2.23. The summed E-state index contributed by atoms with van der Waals surface area (Å²) in [5.41, 5.74) is 0.995. The minimum atomic E-state index is -0.158. The molecule has 1 aromatic heterocycles. The van der Waals surface area contributed by atoms with Crippen LogP contribution in [0.25, 0.3) is 0 Å². The van der Waals surface area contributed by atoms with Crippen molar-refractivity contribution in [3.63, 3.8) is 0 Å². The molecule has 1 aliphatic rings. The van der Waals surface area contributed by atoms with Crippen molar-refractivity contribution in [2.45, 2.75) is 39.5 Å². The van der Waals surface area contributed by atoms with Gasteiger partial charge in [0.15, 0.2) is 0 Å². The second kappa shape index (κ2) is 8.50. The van der Waals surface area contributed by atoms with E-state index in [1.165, 1.54) is 0 Å². The van der Waals surface area contributed by atoms with E-state index in [1.54, 1.807) is 7.11 Å². The number of carbonyl (C=O) groups is 1. The van der Waals surface area contributed by atoms with E-state index in [0.29, 0.717) is 5.92 Å². The van der Waals surface area contributed by atoms with Gasteiger partial charge in [-0.2, -0.15) is 0 Å². The normalized spacial score (nSPS) is 18.1. The van der Waals surface area contributed by atoms with E-state index >= 15 is 0 Å². The van der Waals surface area contributed by atoms with Crippen LogP contribution in [0.15, 0.2) is 10.5 Å². The molecule has 0 spiro atoms. The van der Waals surface area contributed by atoms with Crippen LogP contribution in [-0.2, 0) is 9.53 Å². The Bertz CT molecular complexity index is 504. The lowest BCUT2D eigenvalue weighted by molar-refractivity contribution is -0.122. The van der Waals surface area contributed by atoms with Crippen LogP contribution in [0.4, 0.5) is 0 Å². The van der Waals surface area contributed by atoms with Crippen LogP contribution in [0, 0.1) is 19.8 Å². The number of nitrogens with one attached hydrogen (secondary N) is 1. The molecule has 0 aromatic carbocycles. The van der Waals surface area contributed by atoms with E-state index in [1.807, 2.05) is 26.8 Å². The first-order valence-electron chi connectivity index (χ1n) is 8.57. The van der Waals surface area contributed by atoms with Gasteiger partial charge in [0.2, 0.25) is 5.91 Å². The molecule has 1 unspecified atom stereocenters. The fraction of sp³-hybridized carbons (Fsp3) is 0.722. The van der Waals surface area contributed by atoms with Gasteiger partial charge in [-0.05, 0) is 58.7 Å². The highest BCUT2D eigenvalue weighted by Gasteiger charge is 2.23. The first-order chi connectivity index (χ1) is 11.0. The predicted molar refractivity (Wildman–Crippen MR) is 90.6 cm³/mol. The monoisotopic (exact) mass is 322 g/mol. The molecule has 2 heterocycles. The second-order valence-electron chi connectivity index (χ2n) is 6.61. The summed E-state index contributed by atoms with van der Waals surface area (Å²) in [5.74, 6) is 2.22. The largest absolute Gasteiger partial charge is 0.466 e. The summed E-state index contributed by atoms with van der Waals surface area (Å²) in [4.78, 5) is 14.8. The van der Waals surface area contributed by atoms with E-state index in [0.717, 1.165) is 62.7 Å². The number of hydrogen-bond acceptors (Lipinski definition) is 4. The van der Waals surface area contributed by atoms with Gasteiger partial charge in [-0.15, -0.1) is 0 Å². The molecule has 0 radical (unpaired) electrons. The smallest absolute Gasteiger partial charge is 0.227 e. The number of furan rings is 1. The summed E-state index contributed by atoms with van der Waals surface area (Å²) in [5, 5.41) is 3.12. The molecule has 130 valence electrons. The number of hydrogen-bond donors (Lipinski definition) is 1. The van der Waals surface area contributed by atoms with Crippen molar-refractivity contribution in [1.82, 2.24) is 10.2 Å². The van der Waals surface area contributed by atoms with Crippen molar-refractivity contribution in [2.24, 2.45) is 5.92 Å². The third-order valence-electron chi connectivity index (χ3n) is 4.82. The maximum Gasteiger partial charge on any atom is 0.227 e. The zero-order valence-electron chi connectivity index (χ0n) is 14.9. The Labute approximate surface area is 139 Å². The van der Waals surface area contributed by atoms with Crippen molar-refractivity contribution >= 4 is 5.91 Å². The molecule has 1 aromatic rings. The molecule has 5 nitrogen and oxygen atoms in total. The number of nitrogens with zero attached hydrogens (tertiary/aromatic N) is 1. The quantitative estimate of drug-likeness (QED) is 0.838. The van der Waals surface area contributed by atoms with Crippen LogP contribution in [0.5, 0.6) is 0 Å². The highest BCUT2D eigenvalue weighted by molar-refractivity contribution is 5.83. The van der Waals surface area contributed by atoms with Crippen LogP contribution < -0.4 is 5.32 Å². The van der Waals surface area contributed by atoms with Crippen LogP contribution in [0.1, 0.15) is 42.8 Å². The molecule has 1 N–H and O–H groups in total. The molecule has 0 bridgehead atoms. The van der Waals surface area contributed by atoms with Crippen molar-refractivity contribution in [2.75, 3.05) is 39.9 Å². The molecule has 2 rings (SSSR count). The zero-order chi connectivity index (χ0) is 16.8. The van der Waals surface area contributed by atoms with Gasteiger partial charge in [-0.25, -0.2) is 0 Å². The van der Waals surface area contributed by atoms with Gasteiger partial charge in [0, 0.05) is 25.8 Å². The van der Waals surface area contributed by atoms with Gasteiger partial charge in [-0.1, -0.05) is 0 Å². The number of aryl methyl sites for hydroxylation is 2. The lowest BCUT2D eigenvalue weighted by Gasteiger charge is -2.31. The number of piperidine rings is 1.